The van der Waals surface area contributed by atoms with E-state index in [9.17, 15) is 9.18 Å². The molecule has 29 heavy (non-hydrogen) atoms. The molecule has 0 spiro atoms. The molecule has 0 unspecified atom stereocenters. The fourth-order valence-corrected chi connectivity index (χ4v) is 3.09. The number of para-hydroxylation sites is 1. The Labute approximate surface area is 168 Å². The molecule has 0 saturated carbocycles. The summed E-state index contributed by atoms with van der Waals surface area (Å²) in [7, 11) is 0. The van der Waals surface area contributed by atoms with Crippen LogP contribution in [0.1, 0.15) is 21.5 Å². The Bertz CT molecular complexity index is 1120. The normalized spacial score (nSPS) is 10.7. The molecule has 1 aromatic heterocycles. The fourth-order valence-electron chi connectivity index (χ4n) is 3.09. The number of nitrogens with zero attached hydrogens (tertiary/aromatic N) is 2. The van der Waals surface area contributed by atoms with Crippen LogP contribution >= 0.6 is 0 Å². The quantitative estimate of drug-likeness (QED) is 0.530. The number of hydrogen-bond acceptors (Lipinski definition) is 2. The molecule has 0 fully saturated rings. The molecule has 4 rings (SSSR count). The van der Waals surface area contributed by atoms with Crippen molar-refractivity contribution >= 4 is 5.91 Å². The second-order valence-electron chi connectivity index (χ2n) is 6.84. The lowest BCUT2D eigenvalue weighted by atomic mass is 10.1. The zero-order valence-corrected chi connectivity index (χ0v) is 16.0. The monoisotopic (exact) mass is 385 g/mol. The molecule has 1 N–H and O–H groups in total. The van der Waals surface area contributed by atoms with Crippen LogP contribution in [0.2, 0.25) is 0 Å². The Morgan fingerprint density at radius 3 is 2.34 bits per heavy atom. The number of hydrogen-bond donors (Lipinski definition) is 1. The minimum Gasteiger partial charge on any atom is -0.348 e. The second kappa shape index (κ2) is 8.10. The van der Waals surface area contributed by atoms with Gasteiger partial charge in [-0.15, -0.1) is 0 Å². The summed E-state index contributed by atoms with van der Waals surface area (Å²) < 4.78 is 15.1. The smallest absolute Gasteiger partial charge is 0.251 e. The molecule has 1 heterocycles. The van der Waals surface area contributed by atoms with Gasteiger partial charge in [-0.1, -0.05) is 35.9 Å². The third-order valence-electron chi connectivity index (χ3n) is 4.68. The topological polar surface area (TPSA) is 46.9 Å². The standard InChI is InChI=1S/C24H20FN3O/c1-17-7-9-19(10-8-17)24(29)26-15-20-16-28(22-5-3-2-4-6-22)27-23(20)18-11-13-21(25)14-12-18/h2-14,16H,15H2,1H3,(H,26,29). The number of nitrogens with one attached hydrogen (secondary N) is 1. The van der Waals surface area contributed by atoms with Crippen LogP contribution in [0.15, 0.2) is 85.1 Å². The molecule has 3 aromatic carbocycles. The lowest BCUT2D eigenvalue weighted by molar-refractivity contribution is 0.0951. The zero-order chi connectivity index (χ0) is 20.2. The maximum Gasteiger partial charge on any atom is 0.251 e. The minimum atomic E-state index is -0.300. The summed E-state index contributed by atoms with van der Waals surface area (Å²) in [6.07, 6.45) is 1.89. The van der Waals surface area contributed by atoms with E-state index in [1.54, 1.807) is 28.9 Å². The Balaban J connectivity index is 1.63. The van der Waals surface area contributed by atoms with Gasteiger partial charge >= 0.3 is 0 Å². The van der Waals surface area contributed by atoms with E-state index in [0.717, 1.165) is 22.4 Å². The van der Waals surface area contributed by atoms with Crippen molar-refractivity contribution in [2.45, 2.75) is 13.5 Å². The first-order chi connectivity index (χ1) is 14.1. The van der Waals surface area contributed by atoms with Gasteiger partial charge in [-0.2, -0.15) is 5.10 Å². The van der Waals surface area contributed by atoms with Crippen molar-refractivity contribution in [2.75, 3.05) is 0 Å². The Morgan fingerprint density at radius 1 is 0.966 bits per heavy atom. The second-order valence-corrected chi connectivity index (χ2v) is 6.84. The van der Waals surface area contributed by atoms with E-state index in [1.807, 2.05) is 55.6 Å². The third-order valence-corrected chi connectivity index (χ3v) is 4.68. The molecule has 0 aliphatic heterocycles. The summed E-state index contributed by atoms with van der Waals surface area (Å²) in [4.78, 5) is 12.5. The van der Waals surface area contributed by atoms with Crippen molar-refractivity contribution in [3.63, 3.8) is 0 Å². The van der Waals surface area contributed by atoms with Gasteiger partial charge in [0, 0.05) is 29.4 Å². The van der Waals surface area contributed by atoms with Gasteiger partial charge in [0.2, 0.25) is 0 Å². The molecule has 0 aliphatic carbocycles. The van der Waals surface area contributed by atoms with Gasteiger partial charge in [0.25, 0.3) is 5.91 Å². The molecular weight excluding hydrogens is 365 g/mol. The van der Waals surface area contributed by atoms with Crippen LogP contribution in [0.4, 0.5) is 4.39 Å². The number of aryl methyl sites for hydroxylation is 1. The van der Waals surface area contributed by atoms with Gasteiger partial charge in [-0.25, -0.2) is 9.07 Å². The summed E-state index contributed by atoms with van der Waals surface area (Å²) >= 11 is 0. The summed E-state index contributed by atoms with van der Waals surface area (Å²) in [5.74, 6) is -0.451. The predicted molar refractivity (Wildman–Crippen MR) is 111 cm³/mol. The molecule has 5 heteroatoms. The Hall–Kier alpha value is -3.73. The highest BCUT2D eigenvalue weighted by atomic mass is 19.1. The SMILES string of the molecule is Cc1ccc(C(=O)NCc2cn(-c3ccccc3)nc2-c2ccc(F)cc2)cc1. The highest BCUT2D eigenvalue weighted by Gasteiger charge is 2.14. The van der Waals surface area contributed by atoms with E-state index in [2.05, 4.69) is 10.4 Å². The molecule has 0 saturated heterocycles. The van der Waals surface area contributed by atoms with Crippen LogP contribution in [-0.4, -0.2) is 15.7 Å². The lowest BCUT2D eigenvalue weighted by Crippen LogP contribution is -2.22. The van der Waals surface area contributed by atoms with Gasteiger partial charge in [0.05, 0.1) is 11.4 Å². The van der Waals surface area contributed by atoms with Gasteiger partial charge in [-0.3, -0.25) is 4.79 Å². The average Bonchev–Trinajstić information content (AvgIpc) is 3.18. The first-order valence-corrected chi connectivity index (χ1v) is 9.35. The molecule has 0 radical (unpaired) electrons. The molecule has 144 valence electrons. The molecule has 0 aliphatic rings. The Kier molecular flexibility index (Phi) is 5.20. The van der Waals surface area contributed by atoms with E-state index in [0.29, 0.717) is 17.8 Å². The molecule has 4 nitrogen and oxygen atoms in total. The largest absolute Gasteiger partial charge is 0.348 e. The Morgan fingerprint density at radius 2 is 1.66 bits per heavy atom. The van der Waals surface area contributed by atoms with Crippen molar-refractivity contribution in [1.82, 2.24) is 15.1 Å². The zero-order valence-electron chi connectivity index (χ0n) is 16.0. The van der Waals surface area contributed by atoms with E-state index >= 15 is 0 Å². The minimum absolute atomic E-state index is 0.150. The van der Waals surface area contributed by atoms with Crippen LogP contribution in [-0.2, 0) is 6.54 Å². The maximum atomic E-state index is 13.4. The number of halogens is 1. The summed E-state index contributed by atoms with van der Waals surface area (Å²) in [5.41, 5.74) is 4.96. The van der Waals surface area contributed by atoms with Crippen molar-refractivity contribution in [1.29, 1.82) is 0 Å². The number of carbonyl (C=O) groups excluding carboxylic acids is 1. The van der Waals surface area contributed by atoms with Crippen LogP contribution in [0.25, 0.3) is 16.9 Å². The highest BCUT2D eigenvalue weighted by Crippen LogP contribution is 2.24. The first-order valence-electron chi connectivity index (χ1n) is 9.35. The van der Waals surface area contributed by atoms with E-state index < -0.39 is 0 Å². The fraction of sp³-hybridized carbons (Fsp3) is 0.0833. The maximum absolute atomic E-state index is 13.4. The van der Waals surface area contributed by atoms with Gasteiger partial charge in [-0.05, 0) is 55.5 Å². The van der Waals surface area contributed by atoms with Crippen molar-refractivity contribution in [3.05, 3.63) is 108 Å². The molecule has 0 bridgehead atoms. The van der Waals surface area contributed by atoms with Crippen molar-refractivity contribution < 1.29 is 9.18 Å². The van der Waals surface area contributed by atoms with Gasteiger partial charge in [0.1, 0.15) is 5.82 Å². The molecule has 1 amide bonds. The van der Waals surface area contributed by atoms with Crippen molar-refractivity contribution in [3.8, 4) is 16.9 Å². The van der Waals surface area contributed by atoms with Crippen LogP contribution in [0.5, 0.6) is 0 Å². The van der Waals surface area contributed by atoms with Crippen LogP contribution in [0, 0.1) is 12.7 Å². The highest BCUT2D eigenvalue weighted by molar-refractivity contribution is 5.94. The molecular formula is C24H20FN3O. The van der Waals surface area contributed by atoms with E-state index in [4.69, 9.17) is 0 Å². The van der Waals surface area contributed by atoms with Gasteiger partial charge < -0.3 is 5.32 Å². The summed E-state index contributed by atoms with van der Waals surface area (Å²) in [6.45, 7) is 2.29. The van der Waals surface area contributed by atoms with Crippen LogP contribution < -0.4 is 5.32 Å². The molecule has 4 aromatic rings. The lowest BCUT2D eigenvalue weighted by Gasteiger charge is -2.06. The number of amides is 1. The van der Waals surface area contributed by atoms with Crippen molar-refractivity contribution in [2.24, 2.45) is 0 Å². The number of rotatable bonds is 5. The van der Waals surface area contributed by atoms with Crippen LogP contribution in [0.3, 0.4) is 0 Å². The number of benzene rings is 3. The van der Waals surface area contributed by atoms with Gasteiger partial charge in [0.15, 0.2) is 0 Å². The predicted octanol–water partition coefficient (Wildman–Crippen LogP) is 4.92. The van der Waals surface area contributed by atoms with E-state index in [-0.39, 0.29) is 11.7 Å². The van der Waals surface area contributed by atoms with E-state index in [1.165, 1.54) is 12.1 Å². The summed E-state index contributed by atoms with van der Waals surface area (Å²) in [6, 6.07) is 23.4. The molecule has 0 atom stereocenters. The third kappa shape index (κ3) is 4.24. The first kappa shape index (κ1) is 18.6. The summed E-state index contributed by atoms with van der Waals surface area (Å²) in [5, 5.41) is 7.64. The number of carbonyl (C=O) groups is 1. The number of aromatic nitrogens is 2. The average molecular weight is 385 g/mol.